The number of alkyl carbamates (subject to hydrolysis) is 1. The number of benzene rings is 2. The Balaban J connectivity index is 1.81. The van der Waals surface area contributed by atoms with Gasteiger partial charge in [0.15, 0.2) is 0 Å². The second-order valence-corrected chi connectivity index (χ2v) is 10.5. The third-order valence-electron chi connectivity index (χ3n) is 5.42. The maximum atomic E-state index is 13.4. The Bertz CT molecular complexity index is 1190. The number of anilines is 1. The molecule has 200 valence electrons. The zero-order valence-electron chi connectivity index (χ0n) is 20.4. The van der Waals surface area contributed by atoms with Crippen molar-refractivity contribution in [1.29, 1.82) is 0 Å². The van der Waals surface area contributed by atoms with Crippen molar-refractivity contribution in [2.45, 2.75) is 31.0 Å². The Morgan fingerprint density at radius 2 is 1.73 bits per heavy atom. The maximum absolute atomic E-state index is 13.4. The molecule has 4 N–H and O–H groups in total. The third-order valence-corrected chi connectivity index (χ3v) is 7.16. The van der Waals surface area contributed by atoms with Crippen molar-refractivity contribution in [3.8, 4) is 0 Å². The molecule has 0 aliphatic carbocycles. The van der Waals surface area contributed by atoms with Gasteiger partial charge in [0.05, 0.1) is 36.5 Å². The molecule has 0 saturated carbocycles. The van der Waals surface area contributed by atoms with Crippen molar-refractivity contribution in [1.82, 2.24) is 10.6 Å². The lowest BCUT2D eigenvalue weighted by molar-refractivity contribution is -0.123. The second kappa shape index (κ2) is 13.4. The molecule has 1 unspecified atom stereocenters. The van der Waals surface area contributed by atoms with Gasteiger partial charge in [-0.3, -0.25) is 19.1 Å². The number of carbonyl (C=O) groups excluding carboxylic acids is 2. The van der Waals surface area contributed by atoms with Crippen LogP contribution in [0, 0.1) is 0 Å². The van der Waals surface area contributed by atoms with Crippen LogP contribution >= 0.6 is 11.8 Å². The molecule has 13 heteroatoms. The summed E-state index contributed by atoms with van der Waals surface area (Å²) in [6, 6.07) is 14.3. The Morgan fingerprint density at radius 3 is 2.35 bits per heavy atom. The van der Waals surface area contributed by atoms with Gasteiger partial charge in [0.25, 0.3) is 0 Å². The topological polar surface area (TPSA) is 155 Å². The number of methoxy groups -OCH3 is 2. The predicted molar refractivity (Wildman–Crippen MR) is 142 cm³/mol. The first kappa shape index (κ1) is 28.4. The molecular weight excluding hydrogens is 520 g/mol. The van der Waals surface area contributed by atoms with Crippen molar-refractivity contribution >= 4 is 44.8 Å². The highest BCUT2D eigenvalue weighted by atomic mass is 32.2. The molecule has 0 radical (unpaired) electrons. The average molecular weight is 551 g/mol. The van der Waals surface area contributed by atoms with Gasteiger partial charge in [-0.15, -0.1) is 11.8 Å². The van der Waals surface area contributed by atoms with Crippen LogP contribution in [0.2, 0.25) is 0 Å². The largest absolute Gasteiger partial charge is 0.453 e. The molecule has 2 aromatic rings. The summed E-state index contributed by atoms with van der Waals surface area (Å²) < 4.78 is 43.0. The zero-order chi connectivity index (χ0) is 26.8. The predicted octanol–water partition coefficient (Wildman–Crippen LogP) is 2.06. The van der Waals surface area contributed by atoms with E-state index >= 15 is 0 Å². The molecule has 0 fully saturated rings. The lowest BCUT2D eigenvalue weighted by atomic mass is 10.0. The first-order valence-corrected chi connectivity index (χ1v) is 13.8. The molecule has 11 nitrogen and oxygen atoms in total. The normalized spacial score (nSPS) is 16.8. The van der Waals surface area contributed by atoms with E-state index < -0.39 is 34.4 Å². The number of aliphatic imine (C=N–C) groups is 1. The third kappa shape index (κ3) is 9.35. The molecule has 2 aromatic carbocycles. The fraction of sp³-hybridized carbons (Fsp3) is 0.375. The molecule has 3 atom stereocenters. The summed E-state index contributed by atoms with van der Waals surface area (Å²) in [5.74, 6) is 0.308. The Kier molecular flexibility index (Phi) is 10.3. The summed E-state index contributed by atoms with van der Waals surface area (Å²) >= 11 is 1.52. The van der Waals surface area contributed by atoms with Crippen LogP contribution in [0.5, 0.6) is 0 Å². The molecule has 1 aliphatic rings. The molecule has 0 saturated heterocycles. The molecule has 0 aromatic heterocycles. The number of hydrogen-bond acceptors (Lipinski definition) is 8. The van der Waals surface area contributed by atoms with Crippen molar-refractivity contribution in [3.05, 3.63) is 65.7 Å². The smallest absolute Gasteiger partial charge is 0.407 e. The number of hydrogen-bond donors (Lipinski definition) is 4. The second-order valence-electron chi connectivity index (χ2n) is 8.31. The summed E-state index contributed by atoms with van der Waals surface area (Å²) in [6.45, 7) is 0.452. The lowest BCUT2D eigenvalue weighted by Gasteiger charge is -2.23. The van der Waals surface area contributed by atoms with E-state index in [1.807, 2.05) is 35.1 Å². The molecule has 0 spiro atoms. The maximum Gasteiger partial charge on any atom is 0.407 e. The van der Waals surface area contributed by atoms with E-state index in [0.29, 0.717) is 18.8 Å². The van der Waals surface area contributed by atoms with E-state index in [1.165, 1.54) is 31.0 Å². The summed E-state index contributed by atoms with van der Waals surface area (Å²) in [7, 11) is -1.55. The summed E-state index contributed by atoms with van der Waals surface area (Å²) in [4.78, 5) is 30.1. The fourth-order valence-corrected chi connectivity index (χ4v) is 5.27. The number of nitrogens with zero attached hydrogens (tertiary/aromatic N) is 1. The van der Waals surface area contributed by atoms with Gasteiger partial charge in [-0.05, 0) is 29.7 Å². The van der Waals surface area contributed by atoms with Crippen LogP contribution in [-0.4, -0.2) is 74.7 Å². The van der Waals surface area contributed by atoms with Gasteiger partial charge in [0.2, 0.25) is 5.91 Å². The van der Waals surface area contributed by atoms with Crippen molar-refractivity contribution < 1.29 is 32.0 Å². The molecule has 2 amide bonds. The van der Waals surface area contributed by atoms with Crippen LogP contribution in [0.25, 0.3) is 0 Å². The molecule has 3 rings (SSSR count). The summed E-state index contributed by atoms with van der Waals surface area (Å²) in [5.41, 5.74) is 1.86. The lowest BCUT2D eigenvalue weighted by Crippen LogP contribution is -2.52. The summed E-state index contributed by atoms with van der Waals surface area (Å²) in [5, 5.41) is 6.35. The van der Waals surface area contributed by atoms with Gasteiger partial charge in [-0.1, -0.05) is 42.5 Å². The first-order valence-electron chi connectivity index (χ1n) is 11.4. The highest BCUT2D eigenvalue weighted by Crippen LogP contribution is 2.23. The van der Waals surface area contributed by atoms with E-state index in [2.05, 4.69) is 10.6 Å². The standard InChI is InChI=1S/C24H30N4O7S2/c1-34-14-19-15-36-23(25-19)21(13-17-8-10-18(11-9-17)28-37(31,32)33)26-22(29)20(27-24(30)35-2)12-16-6-4-3-5-7-16/h3-11,19-21,28H,12-15H2,1-2H3,(H,26,29)(H,27,30)(H,31,32,33)/t19?,20-,21-/m0/s1. The van der Waals surface area contributed by atoms with Gasteiger partial charge in [0.1, 0.15) is 6.04 Å². The number of ether oxygens (including phenoxy) is 2. The SMILES string of the molecule is COCC1CSC([C@H](Cc2ccc(NS(=O)(=O)O)cc2)NC(=O)[C@H](Cc2ccccc2)NC(=O)OC)=N1. The minimum atomic E-state index is -4.39. The quantitative estimate of drug-likeness (QED) is 0.293. The Morgan fingerprint density at radius 1 is 1.05 bits per heavy atom. The van der Waals surface area contributed by atoms with Crippen molar-refractivity contribution in [3.63, 3.8) is 0 Å². The van der Waals surface area contributed by atoms with Gasteiger partial charge < -0.3 is 20.1 Å². The minimum absolute atomic E-state index is 0.0425. The van der Waals surface area contributed by atoms with E-state index in [1.54, 1.807) is 19.2 Å². The number of nitrogens with one attached hydrogen (secondary N) is 3. The average Bonchev–Trinajstić information content (AvgIpc) is 3.33. The monoisotopic (exact) mass is 550 g/mol. The zero-order valence-corrected chi connectivity index (χ0v) is 22.1. The molecular formula is C24H30N4O7S2. The van der Waals surface area contributed by atoms with Crippen LogP contribution in [0.1, 0.15) is 11.1 Å². The van der Waals surface area contributed by atoms with Crippen LogP contribution in [-0.2, 0) is 37.4 Å². The van der Waals surface area contributed by atoms with Crippen LogP contribution in [0.3, 0.4) is 0 Å². The Hall–Kier alpha value is -3.13. The van der Waals surface area contributed by atoms with Crippen molar-refractivity contribution in [2.75, 3.05) is 31.3 Å². The fourth-order valence-electron chi connectivity index (χ4n) is 3.73. The van der Waals surface area contributed by atoms with Gasteiger partial charge >= 0.3 is 16.4 Å². The Labute approximate surface area is 220 Å². The number of rotatable bonds is 12. The van der Waals surface area contributed by atoms with Gasteiger partial charge in [-0.2, -0.15) is 8.42 Å². The number of amides is 2. The first-order chi connectivity index (χ1) is 17.7. The molecule has 0 bridgehead atoms. The highest BCUT2D eigenvalue weighted by molar-refractivity contribution is 8.14. The van der Waals surface area contributed by atoms with Gasteiger partial charge in [-0.25, -0.2) is 4.79 Å². The molecule has 1 aliphatic heterocycles. The van der Waals surface area contributed by atoms with E-state index in [4.69, 9.17) is 19.0 Å². The van der Waals surface area contributed by atoms with Crippen LogP contribution in [0.15, 0.2) is 59.6 Å². The summed E-state index contributed by atoms with van der Waals surface area (Å²) in [6.07, 6.45) is -0.0989. The number of thioether (sulfide) groups is 1. The van der Waals surface area contributed by atoms with E-state index in [-0.39, 0.29) is 18.2 Å². The van der Waals surface area contributed by atoms with E-state index in [9.17, 15) is 18.0 Å². The van der Waals surface area contributed by atoms with Crippen LogP contribution in [0.4, 0.5) is 10.5 Å². The highest BCUT2D eigenvalue weighted by Gasteiger charge is 2.30. The molecule has 37 heavy (non-hydrogen) atoms. The minimum Gasteiger partial charge on any atom is -0.453 e. The number of carbonyl (C=O) groups is 2. The van der Waals surface area contributed by atoms with Crippen molar-refractivity contribution in [2.24, 2.45) is 4.99 Å². The van der Waals surface area contributed by atoms with Gasteiger partial charge in [0, 0.05) is 19.3 Å². The van der Waals surface area contributed by atoms with Crippen LogP contribution < -0.4 is 15.4 Å². The van der Waals surface area contributed by atoms with E-state index in [0.717, 1.165) is 16.2 Å². The molecule has 1 heterocycles.